The summed E-state index contributed by atoms with van der Waals surface area (Å²) in [5.41, 5.74) is 7.18. The Morgan fingerprint density at radius 2 is 1.84 bits per heavy atom. The van der Waals surface area contributed by atoms with Gasteiger partial charge < -0.3 is 20.9 Å². The summed E-state index contributed by atoms with van der Waals surface area (Å²) in [6, 6.07) is 0. The second-order valence-corrected chi connectivity index (χ2v) is 2.90. The first-order chi connectivity index (χ1) is 8.95. The smallest absolute Gasteiger partial charge is 0.303 e. The van der Waals surface area contributed by atoms with Gasteiger partial charge in [-0.15, -0.1) is 0 Å². The van der Waals surface area contributed by atoms with E-state index in [9.17, 15) is 14.4 Å². The summed E-state index contributed by atoms with van der Waals surface area (Å²) in [5.74, 6) is 3.52. The number of carbonyl (C=O) groups excluding carboxylic acids is 2. The average molecular weight is 280 g/mol. The minimum Gasteiger partial charge on any atom is -0.481 e. The number of amides is 2. The van der Waals surface area contributed by atoms with Crippen molar-refractivity contribution in [1.82, 2.24) is 10.7 Å². The van der Waals surface area contributed by atoms with Crippen molar-refractivity contribution in [2.75, 3.05) is 26.3 Å². The van der Waals surface area contributed by atoms with Gasteiger partial charge in [-0.25, -0.2) is 0 Å². The molecular formula is C10H24N4O5. The van der Waals surface area contributed by atoms with E-state index in [2.05, 4.69) is 10.7 Å². The Morgan fingerprint density at radius 1 is 1.37 bits per heavy atom. The number of aliphatic carboxylic acids is 1. The summed E-state index contributed by atoms with van der Waals surface area (Å²) in [6.07, 6.45) is 0.785. The second kappa shape index (κ2) is 21.6. The molecule has 9 heteroatoms. The van der Waals surface area contributed by atoms with Crippen molar-refractivity contribution in [2.45, 2.75) is 20.3 Å². The topological polar surface area (TPSA) is 157 Å². The quantitative estimate of drug-likeness (QED) is 0.152. The Labute approximate surface area is 112 Å². The highest BCUT2D eigenvalue weighted by atomic mass is 16.5. The molecule has 0 unspecified atom stereocenters. The lowest BCUT2D eigenvalue weighted by Crippen LogP contribution is -2.23. The fourth-order valence-electron chi connectivity index (χ4n) is 0.363. The Hall–Kier alpha value is -1.71. The summed E-state index contributed by atoms with van der Waals surface area (Å²) < 4.78 is 4.70. The van der Waals surface area contributed by atoms with E-state index in [0.29, 0.717) is 19.6 Å². The van der Waals surface area contributed by atoms with Crippen LogP contribution in [0.15, 0.2) is 0 Å². The number of hydrogen-bond acceptors (Lipinski definition) is 6. The van der Waals surface area contributed by atoms with Crippen molar-refractivity contribution in [3.05, 3.63) is 0 Å². The number of carbonyl (C=O) groups is 3. The molecule has 0 aromatic heterocycles. The molecule has 0 rings (SSSR count). The summed E-state index contributed by atoms with van der Waals surface area (Å²) in [4.78, 5) is 29.1. The summed E-state index contributed by atoms with van der Waals surface area (Å²) in [6.45, 7) is 5.00. The highest BCUT2D eigenvalue weighted by molar-refractivity contribution is 5.74. The van der Waals surface area contributed by atoms with Crippen LogP contribution in [-0.4, -0.2) is 49.7 Å². The molecule has 0 radical (unpaired) electrons. The molecular weight excluding hydrogens is 256 g/mol. The molecule has 0 saturated heterocycles. The molecule has 2 amide bonds. The lowest BCUT2D eigenvalue weighted by Gasteiger charge is -1.98. The Bertz CT molecular complexity index is 224. The number of carboxylic acids is 1. The standard InChI is InChI=1S/C5H10N2O3.C3H6O2.C2H8N2/c6-5(9)3-10-2-1-7-4-8;1-2-3(4)5;1-2-4-3/h4H,1-3H2,(H2,6,9)(H,7,8);2H2,1H3,(H,4,5);4H,2-3H2,1H3. The molecule has 9 nitrogen and oxygen atoms in total. The fraction of sp³-hybridized carbons (Fsp3) is 0.700. The van der Waals surface area contributed by atoms with Crippen LogP contribution >= 0.6 is 0 Å². The number of primary amides is 1. The number of rotatable bonds is 8. The van der Waals surface area contributed by atoms with Gasteiger partial charge in [0.25, 0.3) is 0 Å². The Kier molecular flexibility index (Phi) is 25.5. The van der Waals surface area contributed by atoms with Gasteiger partial charge in [0.2, 0.25) is 12.3 Å². The summed E-state index contributed by atoms with van der Waals surface area (Å²) >= 11 is 0. The van der Waals surface area contributed by atoms with E-state index in [1.54, 1.807) is 6.92 Å². The number of hydrogen-bond donors (Lipinski definition) is 5. The first-order valence-electron chi connectivity index (χ1n) is 5.64. The third-order valence-electron chi connectivity index (χ3n) is 1.22. The van der Waals surface area contributed by atoms with Crippen LogP contribution in [0.2, 0.25) is 0 Å². The van der Waals surface area contributed by atoms with Gasteiger partial charge in [-0.3, -0.25) is 25.7 Å². The van der Waals surface area contributed by atoms with Crippen molar-refractivity contribution in [1.29, 1.82) is 0 Å². The van der Waals surface area contributed by atoms with E-state index in [0.717, 1.165) is 6.54 Å². The van der Waals surface area contributed by atoms with Gasteiger partial charge in [0.05, 0.1) is 6.61 Å². The number of nitrogens with two attached hydrogens (primary N) is 2. The Morgan fingerprint density at radius 3 is 2.11 bits per heavy atom. The molecule has 0 heterocycles. The Balaban J connectivity index is -0.000000238. The van der Waals surface area contributed by atoms with Gasteiger partial charge in [-0.1, -0.05) is 13.8 Å². The maximum Gasteiger partial charge on any atom is 0.303 e. The minimum atomic E-state index is -0.745. The zero-order valence-corrected chi connectivity index (χ0v) is 11.3. The molecule has 114 valence electrons. The largest absolute Gasteiger partial charge is 0.481 e. The van der Waals surface area contributed by atoms with Gasteiger partial charge in [0.1, 0.15) is 6.61 Å². The first-order valence-corrected chi connectivity index (χ1v) is 5.64. The molecule has 0 spiro atoms. The monoisotopic (exact) mass is 280 g/mol. The third-order valence-corrected chi connectivity index (χ3v) is 1.22. The highest BCUT2D eigenvalue weighted by Gasteiger charge is 1.91. The van der Waals surface area contributed by atoms with Crippen molar-refractivity contribution >= 4 is 18.3 Å². The normalized spacial score (nSPS) is 8.16. The van der Waals surface area contributed by atoms with E-state index in [-0.39, 0.29) is 13.0 Å². The fourth-order valence-corrected chi connectivity index (χ4v) is 0.363. The molecule has 0 atom stereocenters. The van der Waals surface area contributed by atoms with Crippen molar-refractivity contribution in [3.8, 4) is 0 Å². The highest BCUT2D eigenvalue weighted by Crippen LogP contribution is 1.69. The van der Waals surface area contributed by atoms with Crippen molar-refractivity contribution < 1.29 is 24.2 Å². The van der Waals surface area contributed by atoms with Gasteiger partial charge in [0, 0.05) is 19.5 Å². The molecule has 19 heavy (non-hydrogen) atoms. The van der Waals surface area contributed by atoms with Crippen LogP contribution in [0.1, 0.15) is 20.3 Å². The van der Waals surface area contributed by atoms with E-state index < -0.39 is 11.9 Å². The van der Waals surface area contributed by atoms with Gasteiger partial charge in [-0.05, 0) is 0 Å². The van der Waals surface area contributed by atoms with E-state index in [1.165, 1.54) is 0 Å². The van der Waals surface area contributed by atoms with Crippen LogP contribution in [-0.2, 0) is 19.1 Å². The van der Waals surface area contributed by atoms with Crippen molar-refractivity contribution in [3.63, 3.8) is 0 Å². The molecule has 0 saturated carbocycles. The zero-order valence-electron chi connectivity index (χ0n) is 11.3. The molecule has 7 N–H and O–H groups in total. The van der Waals surface area contributed by atoms with E-state index in [4.69, 9.17) is 21.4 Å². The van der Waals surface area contributed by atoms with E-state index >= 15 is 0 Å². The lowest BCUT2D eigenvalue weighted by atomic mass is 10.5. The van der Waals surface area contributed by atoms with Gasteiger partial charge in [-0.2, -0.15) is 0 Å². The first kappa shape index (κ1) is 22.5. The van der Waals surface area contributed by atoms with E-state index in [1.807, 2.05) is 6.92 Å². The molecule has 0 aliphatic carbocycles. The summed E-state index contributed by atoms with van der Waals surface area (Å²) in [7, 11) is 0. The average Bonchev–Trinajstić information content (AvgIpc) is 2.39. The van der Waals surface area contributed by atoms with Gasteiger partial charge in [0.15, 0.2) is 0 Å². The lowest BCUT2D eigenvalue weighted by molar-refractivity contribution is -0.136. The number of carboxylic acid groups (broad SMARTS) is 1. The van der Waals surface area contributed by atoms with Gasteiger partial charge >= 0.3 is 5.97 Å². The van der Waals surface area contributed by atoms with Crippen LogP contribution in [0.25, 0.3) is 0 Å². The summed E-state index contributed by atoms with van der Waals surface area (Å²) in [5, 5.41) is 10.1. The number of nitrogens with one attached hydrogen (secondary N) is 2. The minimum absolute atomic E-state index is 0.0967. The molecule has 0 bridgehead atoms. The van der Waals surface area contributed by atoms with Crippen LogP contribution in [0.5, 0.6) is 0 Å². The number of hydrazine groups is 1. The maximum atomic E-state index is 10.0. The van der Waals surface area contributed by atoms with Crippen LogP contribution in [0.4, 0.5) is 0 Å². The molecule has 0 fully saturated rings. The molecule has 0 aromatic rings. The van der Waals surface area contributed by atoms with Crippen LogP contribution < -0.4 is 22.3 Å². The predicted octanol–water partition coefficient (Wildman–Crippen LogP) is -1.82. The molecule has 0 aromatic carbocycles. The number of ether oxygens (including phenoxy) is 1. The van der Waals surface area contributed by atoms with Crippen LogP contribution in [0, 0.1) is 0 Å². The second-order valence-electron chi connectivity index (χ2n) is 2.90. The van der Waals surface area contributed by atoms with Crippen molar-refractivity contribution in [2.24, 2.45) is 11.6 Å². The maximum absolute atomic E-state index is 10.0. The van der Waals surface area contributed by atoms with Crippen LogP contribution in [0.3, 0.4) is 0 Å². The third kappa shape index (κ3) is 48.4. The zero-order chi connectivity index (χ0) is 15.5. The molecule has 0 aliphatic rings. The predicted molar refractivity (Wildman–Crippen MR) is 69.9 cm³/mol. The molecule has 0 aliphatic heterocycles. The SMILES string of the molecule is CCC(=O)O.CCNN.NC(=O)COCCNC=O.